The zero-order chi connectivity index (χ0) is 29.4. The molecule has 0 heterocycles. The molecule has 0 unspecified atom stereocenters. The predicted octanol–water partition coefficient (Wildman–Crippen LogP) is 5.44. The van der Waals surface area contributed by atoms with Crippen molar-refractivity contribution in [2.45, 2.75) is 57.2 Å². The van der Waals surface area contributed by atoms with Crippen LogP contribution in [0, 0.1) is 5.82 Å². The van der Waals surface area contributed by atoms with Gasteiger partial charge in [-0.1, -0.05) is 89.8 Å². The van der Waals surface area contributed by atoms with E-state index in [9.17, 15) is 22.4 Å². The van der Waals surface area contributed by atoms with E-state index in [4.69, 9.17) is 0 Å². The van der Waals surface area contributed by atoms with E-state index in [0.29, 0.717) is 0 Å². The summed E-state index contributed by atoms with van der Waals surface area (Å²) in [6.45, 7) is -0.588. The molecule has 1 fully saturated rings. The standard InChI is InChI=1S/C31H35BrFN3O4S/c1-41(39,40)36(28-15-9-8-14-27(28)33)22-30(37)35(21-24-16-18-25(32)19-17-24)29(20-23-10-4-2-5-11-23)31(38)34-26-12-6-3-7-13-26/h2,4-5,8-11,14-19,26,29H,3,6-7,12-13,20-22H2,1H3,(H,34,38)/t29-/m0/s1. The molecule has 1 N–H and O–H groups in total. The summed E-state index contributed by atoms with van der Waals surface area (Å²) < 4.78 is 42.0. The van der Waals surface area contributed by atoms with Crippen molar-refractivity contribution in [2.24, 2.45) is 0 Å². The summed E-state index contributed by atoms with van der Waals surface area (Å²) in [6, 6.07) is 21.3. The van der Waals surface area contributed by atoms with Gasteiger partial charge in [0, 0.05) is 23.5 Å². The van der Waals surface area contributed by atoms with Crippen LogP contribution in [0.3, 0.4) is 0 Å². The highest BCUT2D eigenvalue weighted by Gasteiger charge is 2.34. The van der Waals surface area contributed by atoms with Crippen molar-refractivity contribution in [1.82, 2.24) is 10.2 Å². The summed E-state index contributed by atoms with van der Waals surface area (Å²) in [5, 5.41) is 3.16. The van der Waals surface area contributed by atoms with Gasteiger partial charge in [0.15, 0.2) is 0 Å². The summed E-state index contributed by atoms with van der Waals surface area (Å²) in [7, 11) is -4.04. The molecule has 0 bridgehead atoms. The molecule has 0 aromatic heterocycles. The fraction of sp³-hybridized carbons (Fsp3) is 0.355. The number of halogens is 2. The molecule has 0 radical (unpaired) electrons. The maximum Gasteiger partial charge on any atom is 0.244 e. The highest BCUT2D eigenvalue weighted by Crippen LogP contribution is 2.24. The molecule has 0 saturated heterocycles. The van der Waals surface area contributed by atoms with Gasteiger partial charge in [0.25, 0.3) is 0 Å². The molecule has 0 aliphatic heterocycles. The Labute approximate surface area is 249 Å². The van der Waals surface area contributed by atoms with Gasteiger partial charge in [-0.2, -0.15) is 0 Å². The number of carbonyl (C=O) groups excluding carboxylic acids is 2. The number of amides is 2. The van der Waals surface area contributed by atoms with Crippen molar-refractivity contribution in [2.75, 3.05) is 17.1 Å². The molecule has 10 heteroatoms. The number of carbonyl (C=O) groups is 2. The molecule has 1 saturated carbocycles. The van der Waals surface area contributed by atoms with Gasteiger partial charge in [0.05, 0.1) is 11.9 Å². The second kappa shape index (κ2) is 14.1. The number of sulfonamides is 1. The zero-order valence-electron chi connectivity index (χ0n) is 23.0. The van der Waals surface area contributed by atoms with Gasteiger partial charge in [-0.05, 0) is 48.2 Å². The molecule has 1 atom stereocenters. The zero-order valence-corrected chi connectivity index (χ0v) is 25.4. The van der Waals surface area contributed by atoms with Gasteiger partial charge in [0.2, 0.25) is 21.8 Å². The number of nitrogens with zero attached hydrogens (tertiary/aromatic N) is 2. The van der Waals surface area contributed by atoms with Crippen molar-refractivity contribution in [3.05, 3.63) is 100 Å². The molecular weight excluding hydrogens is 609 g/mol. The largest absolute Gasteiger partial charge is 0.352 e. The van der Waals surface area contributed by atoms with E-state index in [1.807, 2.05) is 54.6 Å². The van der Waals surface area contributed by atoms with Crippen molar-refractivity contribution >= 4 is 43.5 Å². The molecule has 41 heavy (non-hydrogen) atoms. The maximum absolute atomic E-state index is 14.7. The van der Waals surface area contributed by atoms with E-state index in [0.717, 1.165) is 64.3 Å². The summed E-state index contributed by atoms with van der Waals surface area (Å²) >= 11 is 3.43. The Morgan fingerprint density at radius 3 is 2.20 bits per heavy atom. The molecule has 218 valence electrons. The van der Waals surface area contributed by atoms with Crippen molar-refractivity contribution < 1.29 is 22.4 Å². The Hall–Kier alpha value is -3.24. The lowest BCUT2D eigenvalue weighted by Gasteiger charge is -2.35. The molecular formula is C31H35BrFN3O4S. The first-order chi connectivity index (χ1) is 19.6. The molecule has 0 spiro atoms. The van der Waals surface area contributed by atoms with Crippen molar-refractivity contribution in [3.63, 3.8) is 0 Å². The number of hydrogen-bond donors (Lipinski definition) is 1. The Morgan fingerprint density at radius 1 is 0.927 bits per heavy atom. The molecule has 2 amide bonds. The van der Waals surface area contributed by atoms with Crippen LogP contribution in [0.2, 0.25) is 0 Å². The number of rotatable bonds is 11. The minimum atomic E-state index is -4.04. The quantitative estimate of drug-likeness (QED) is 0.301. The minimum Gasteiger partial charge on any atom is -0.352 e. The van der Waals surface area contributed by atoms with E-state index in [2.05, 4.69) is 21.2 Å². The van der Waals surface area contributed by atoms with Crippen LogP contribution < -0.4 is 9.62 Å². The molecule has 1 aliphatic rings. The maximum atomic E-state index is 14.7. The lowest BCUT2D eigenvalue weighted by Crippen LogP contribution is -2.55. The van der Waals surface area contributed by atoms with E-state index < -0.39 is 34.3 Å². The highest BCUT2D eigenvalue weighted by molar-refractivity contribution is 9.10. The van der Waals surface area contributed by atoms with Crippen LogP contribution in [0.1, 0.15) is 43.2 Å². The average Bonchev–Trinajstić information content (AvgIpc) is 2.95. The van der Waals surface area contributed by atoms with E-state index in [-0.39, 0.29) is 30.6 Å². The molecule has 3 aromatic rings. The van der Waals surface area contributed by atoms with Crippen LogP contribution in [0.5, 0.6) is 0 Å². The number of nitrogens with one attached hydrogen (secondary N) is 1. The van der Waals surface area contributed by atoms with Crippen LogP contribution in [0.25, 0.3) is 0 Å². The monoisotopic (exact) mass is 643 g/mol. The van der Waals surface area contributed by atoms with E-state index >= 15 is 0 Å². The topological polar surface area (TPSA) is 86.8 Å². The lowest BCUT2D eigenvalue weighted by molar-refractivity contribution is -0.140. The Kier molecular flexibility index (Phi) is 10.6. The van der Waals surface area contributed by atoms with Crippen LogP contribution in [-0.2, 0) is 32.6 Å². The number of benzene rings is 3. The smallest absolute Gasteiger partial charge is 0.244 e. The van der Waals surface area contributed by atoms with E-state index in [1.165, 1.54) is 23.1 Å². The Morgan fingerprint density at radius 2 is 1.56 bits per heavy atom. The molecule has 1 aliphatic carbocycles. The summed E-state index contributed by atoms with van der Waals surface area (Å²) in [5.74, 6) is -1.66. The van der Waals surface area contributed by atoms with Crippen molar-refractivity contribution in [3.8, 4) is 0 Å². The highest BCUT2D eigenvalue weighted by atomic mass is 79.9. The first kappa shape index (κ1) is 30.7. The minimum absolute atomic E-state index is 0.0186. The average molecular weight is 645 g/mol. The van der Waals surface area contributed by atoms with Crippen LogP contribution in [0.4, 0.5) is 10.1 Å². The number of para-hydroxylation sites is 1. The van der Waals surface area contributed by atoms with Crippen LogP contribution in [-0.4, -0.2) is 50.0 Å². The van der Waals surface area contributed by atoms with Gasteiger partial charge in [-0.25, -0.2) is 12.8 Å². The Bertz CT molecular complexity index is 1430. The van der Waals surface area contributed by atoms with Gasteiger partial charge in [-0.3, -0.25) is 13.9 Å². The SMILES string of the molecule is CS(=O)(=O)N(CC(=O)N(Cc1ccc(Br)cc1)[C@@H](Cc1ccccc1)C(=O)NC1CCCCC1)c1ccccc1F. The third-order valence-electron chi connectivity index (χ3n) is 7.29. The van der Waals surface area contributed by atoms with Gasteiger partial charge < -0.3 is 10.2 Å². The van der Waals surface area contributed by atoms with Crippen LogP contribution >= 0.6 is 15.9 Å². The fourth-order valence-electron chi connectivity index (χ4n) is 5.13. The Balaban J connectivity index is 1.72. The summed E-state index contributed by atoms with van der Waals surface area (Å²) in [4.78, 5) is 29.4. The van der Waals surface area contributed by atoms with E-state index in [1.54, 1.807) is 0 Å². The second-order valence-electron chi connectivity index (χ2n) is 10.4. The van der Waals surface area contributed by atoms with Gasteiger partial charge >= 0.3 is 0 Å². The van der Waals surface area contributed by atoms with Gasteiger partial charge in [-0.15, -0.1) is 0 Å². The third kappa shape index (κ3) is 8.63. The summed E-state index contributed by atoms with van der Waals surface area (Å²) in [5.41, 5.74) is 1.40. The fourth-order valence-corrected chi connectivity index (χ4v) is 6.25. The third-order valence-corrected chi connectivity index (χ3v) is 8.94. The van der Waals surface area contributed by atoms with Crippen molar-refractivity contribution in [1.29, 1.82) is 0 Å². The number of hydrogen-bond acceptors (Lipinski definition) is 4. The first-order valence-electron chi connectivity index (χ1n) is 13.7. The molecule has 7 nitrogen and oxygen atoms in total. The number of anilines is 1. The summed E-state index contributed by atoms with van der Waals surface area (Å²) in [6.07, 6.45) is 6.11. The van der Waals surface area contributed by atoms with Gasteiger partial charge in [0.1, 0.15) is 18.4 Å². The lowest BCUT2D eigenvalue weighted by atomic mass is 9.94. The predicted molar refractivity (Wildman–Crippen MR) is 162 cm³/mol. The second-order valence-corrected chi connectivity index (χ2v) is 13.2. The molecule has 4 rings (SSSR count). The normalized spacial score (nSPS) is 14.7. The molecule has 3 aromatic carbocycles. The first-order valence-corrected chi connectivity index (χ1v) is 16.4. The van der Waals surface area contributed by atoms with Crippen LogP contribution in [0.15, 0.2) is 83.3 Å².